The van der Waals surface area contributed by atoms with Gasteiger partial charge in [-0.15, -0.1) is 0 Å². The van der Waals surface area contributed by atoms with Gasteiger partial charge in [-0.3, -0.25) is 37.3 Å². The summed E-state index contributed by atoms with van der Waals surface area (Å²) in [4.78, 5) is 72.9. The van der Waals surface area contributed by atoms with Crippen LogP contribution < -0.4 is 0 Å². The van der Waals surface area contributed by atoms with Crippen LogP contribution in [0.2, 0.25) is 0 Å². The van der Waals surface area contributed by atoms with Crippen molar-refractivity contribution in [2.24, 2.45) is 0 Å². The lowest BCUT2D eigenvalue weighted by molar-refractivity contribution is -0.161. The van der Waals surface area contributed by atoms with Gasteiger partial charge < -0.3 is 33.8 Å². The minimum atomic E-state index is -5.00. The van der Waals surface area contributed by atoms with Gasteiger partial charge in [0.05, 0.1) is 26.4 Å². The van der Waals surface area contributed by atoms with Gasteiger partial charge in [0.25, 0.3) is 0 Å². The highest BCUT2D eigenvalue weighted by Gasteiger charge is 2.30. The Morgan fingerprint density at radius 1 is 0.284 bits per heavy atom. The number of aliphatic hydroxyl groups is 1. The van der Waals surface area contributed by atoms with Gasteiger partial charge in [-0.2, -0.15) is 0 Å². The lowest BCUT2D eigenvalue weighted by Crippen LogP contribution is -2.30. The summed E-state index contributed by atoms with van der Waals surface area (Å²) in [6, 6.07) is 0. The van der Waals surface area contributed by atoms with Crippen molar-refractivity contribution < 1.29 is 80.2 Å². The molecule has 0 amide bonds. The van der Waals surface area contributed by atoms with Crippen molar-refractivity contribution in [2.45, 2.75) is 329 Å². The van der Waals surface area contributed by atoms with E-state index in [4.69, 9.17) is 37.0 Å². The molecule has 0 aliphatic carbocycles. The lowest BCUT2D eigenvalue weighted by Gasteiger charge is -2.21. The Morgan fingerprint density at radius 3 is 0.833 bits per heavy atom. The zero-order chi connectivity index (χ0) is 74.6. The fraction of sp³-hybridized carbons (Fsp3) is 0.687. The number of rotatable bonds is 73. The molecule has 0 heterocycles. The largest absolute Gasteiger partial charge is 0.472 e. The SMILES string of the molecule is CC/C=C\C/C=C\C/C=C\C/C=C\C/C=C\CCCCCC(=O)OCC(COP(=O)(O)OCC(O)COP(=O)(O)OCC(COC(=O)CCCCCCC/C=C\CCCCCCCC)OC(=O)CCCCCCC/C=C\CCCCCC)OC(=O)CCCC/C=C\C/C=C\C/C=C\C/C=C\CC. The fourth-order valence-electron chi connectivity index (χ4n) is 10.1. The molecule has 5 unspecified atom stereocenters. The van der Waals surface area contributed by atoms with E-state index in [1.165, 1.54) is 64.2 Å². The number of phosphoric ester groups is 2. The highest BCUT2D eigenvalue weighted by molar-refractivity contribution is 7.47. The van der Waals surface area contributed by atoms with Crippen LogP contribution in [0, 0.1) is 0 Å². The molecule has 0 rings (SSSR count). The molecule has 0 aliphatic rings. The topological polar surface area (TPSA) is 237 Å². The summed E-state index contributed by atoms with van der Waals surface area (Å²) in [6.07, 6.45) is 83.0. The van der Waals surface area contributed by atoms with E-state index in [0.717, 1.165) is 161 Å². The van der Waals surface area contributed by atoms with Crippen LogP contribution in [-0.2, 0) is 65.4 Å². The third-order valence-corrected chi connectivity index (χ3v) is 18.0. The Bertz CT molecular complexity index is 2460. The lowest BCUT2D eigenvalue weighted by atomic mass is 10.1. The molecule has 5 atom stereocenters. The highest BCUT2D eigenvalue weighted by Crippen LogP contribution is 2.45. The summed E-state index contributed by atoms with van der Waals surface area (Å²) >= 11 is 0. The van der Waals surface area contributed by atoms with Crippen molar-refractivity contribution in [1.82, 2.24) is 0 Å². The minimum Gasteiger partial charge on any atom is -0.462 e. The summed E-state index contributed by atoms with van der Waals surface area (Å²) in [7, 11) is -9.99. The van der Waals surface area contributed by atoms with E-state index in [9.17, 15) is 43.2 Å². The van der Waals surface area contributed by atoms with Crippen molar-refractivity contribution >= 4 is 39.5 Å². The number of aliphatic hydroxyl groups excluding tert-OH is 1. The highest BCUT2D eigenvalue weighted by atomic mass is 31.2. The van der Waals surface area contributed by atoms with Crippen LogP contribution >= 0.6 is 15.6 Å². The van der Waals surface area contributed by atoms with E-state index in [1.807, 2.05) is 0 Å². The van der Waals surface area contributed by atoms with Crippen molar-refractivity contribution in [1.29, 1.82) is 0 Å². The van der Waals surface area contributed by atoms with Crippen LogP contribution in [0.15, 0.2) is 134 Å². The first kappa shape index (κ1) is 97.2. The van der Waals surface area contributed by atoms with Crippen molar-refractivity contribution in [3.05, 3.63) is 134 Å². The van der Waals surface area contributed by atoms with Gasteiger partial charge >= 0.3 is 39.5 Å². The molecule has 0 bridgehead atoms. The van der Waals surface area contributed by atoms with Crippen LogP contribution in [0.1, 0.15) is 310 Å². The number of carbonyl (C=O) groups is 4. The standard InChI is InChI=1S/C83H140O17P2/c1-5-9-13-17-21-25-29-33-36-37-38-39-42-45-48-52-56-60-64-68-81(86)94-74-79(100-83(88)70-66-62-58-54-50-46-41-35-31-27-23-19-15-11-7-3)76-98-102(91,92)96-72-77(84)71-95-101(89,90)97-75-78(99-82(87)69-65-61-57-53-49-43-32-28-24-20-16-12-8-4)73-93-80(85)67-63-59-55-51-47-44-40-34-30-26-22-18-14-10-6-2/h9,11,13,15,21,23,25,27-28,32-36,38-41,45,48,50,54,77-79,84H,5-8,10,12,14,16-20,22,24,26,29-31,37,42-44,46-47,49,51-53,55-76H2,1-4H3,(H,89,90)(H,91,92)/b13-9-,15-11-,25-21-,27-23-,32-28-,36-33-,39-38-,40-34-,41-35-,48-45-,54-50-. The quantitative estimate of drug-likeness (QED) is 0.0169. The zero-order valence-corrected chi connectivity index (χ0v) is 65.5. The summed E-state index contributed by atoms with van der Waals surface area (Å²) in [6.45, 7) is 4.53. The Kier molecular flexibility index (Phi) is 71.0. The molecule has 0 radical (unpaired) electrons. The van der Waals surface area contributed by atoms with E-state index in [2.05, 4.69) is 161 Å². The average molecular weight is 1470 g/mol. The first-order valence-corrected chi connectivity index (χ1v) is 42.4. The molecule has 102 heavy (non-hydrogen) atoms. The second-order valence-electron chi connectivity index (χ2n) is 25.9. The molecular formula is C83H140O17P2. The predicted molar refractivity (Wildman–Crippen MR) is 418 cm³/mol. The first-order chi connectivity index (χ1) is 49.7. The maximum absolute atomic E-state index is 13.1. The molecule has 0 saturated carbocycles. The van der Waals surface area contributed by atoms with Gasteiger partial charge in [-0.25, -0.2) is 9.13 Å². The zero-order valence-electron chi connectivity index (χ0n) is 63.7. The second kappa shape index (κ2) is 74.5. The van der Waals surface area contributed by atoms with Gasteiger partial charge in [0.2, 0.25) is 0 Å². The average Bonchev–Trinajstić information content (AvgIpc) is 0.924. The predicted octanol–water partition coefficient (Wildman–Crippen LogP) is 22.9. The van der Waals surface area contributed by atoms with Crippen molar-refractivity contribution in [3.8, 4) is 0 Å². The molecule has 0 aromatic carbocycles. The third-order valence-electron chi connectivity index (χ3n) is 16.1. The second-order valence-corrected chi connectivity index (χ2v) is 28.8. The molecule has 0 spiro atoms. The van der Waals surface area contributed by atoms with Crippen LogP contribution in [0.3, 0.4) is 0 Å². The number of phosphoric acid groups is 2. The molecule has 3 N–H and O–H groups in total. The maximum atomic E-state index is 13.1. The van der Waals surface area contributed by atoms with Crippen LogP contribution in [0.4, 0.5) is 0 Å². The summed E-state index contributed by atoms with van der Waals surface area (Å²) in [5.74, 6) is -2.28. The van der Waals surface area contributed by atoms with E-state index in [0.29, 0.717) is 32.1 Å². The molecule has 0 aromatic heterocycles. The number of carbonyl (C=O) groups excluding carboxylic acids is 4. The molecular weight excluding hydrogens is 1330 g/mol. The van der Waals surface area contributed by atoms with Gasteiger partial charge in [0.1, 0.15) is 19.3 Å². The maximum Gasteiger partial charge on any atom is 0.472 e. The van der Waals surface area contributed by atoms with Crippen molar-refractivity contribution in [3.63, 3.8) is 0 Å². The Hall–Kier alpha value is -4.80. The number of unbranched alkanes of at least 4 members (excludes halogenated alkanes) is 25. The normalized spacial score (nSPS) is 14.6. The first-order valence-electron chi connectivity index (χ1n) is 39.4. The summed E-state index contributed by atoms with van der Waals surface area (Å²) < 4.78 is 68.5. The van der Waals surface area contributed by atoms with Gasteiger partial charge in [0, 0.05) is 25.7 Å². The summed E-state index contributed by atoms with van der Waals surface area (Å²) in [5, 5.41) is 10.6. The molecule has 0 aromatic rings. The monoisotopic (exact) mass is 1470 g/mol. The molecule has 19 heteroatoms. The van der Waals surface area contributed by atoms with Crippen molar-refractivity contribution in [2.75, 3.05) is 39.6 Å². The molecule has 0 saturated heterocycles. The third kappa shape index (κ3) is 73.5. The smallest absolute Gasteiger partial charge is 0.462 e. The van der Waals surface area contributed by atoms with E-state index in [-0.39, 0.29) is 25.7 Å². The molecule has 0 fully saturated rings. The molecule has 584 valence electrons. The van der Waals surface area contributed by atoms with Crippen LogP contribution in [-0.4, -0.2) is 96.7 Å². The molecule has 0 aliphatic heterocycles. The van der Waals surface area contributed by atoms with Crippen LogP contribution in [0.5, 0.6) is 0 Å². The van der Waals surface area contributed by atoms with Gasteiger partial charge in [0.15, 0.2) is 12.2 Å². The minimum absolute atomic E-state index is 0.0311. The number of esters is 4. The number of hydrogen-bond donors (Lipinski definition) is 3. The summed E-state index contributed by atoms with van der Waals surface area (Å²) in [5.41, 5.74) is 0. The fourth-order valence-corrected chi connectivity index (χ4v) is 11.7. The number of allylic oxidation sites excluding steroid dienone is 22. The molecule has 17 nitrogen and oxygen atoms in total. The Morgan fingerprint density at radius 2 is 0.510 bits per heavy atom. The number of ether oxygens (including phenoxy) is 4. The van der Waals surface area contributed by atoms with E-state index >= 15 is 0 Å². The van der Waals surface area contributed by atoms with Gasteiger partial charge in [-0.1, -0.05) is 258 Å². The Balaban J connectivity index is 5.43. The Labute approximate surface area is 618 Å². The van der Waals surface area contributed by atoms with E-state index in [1.54, 1.807) is 0 Å². The number of hydrogen-bond acceptors (Lipinski definition) is 15. The van der Waals surface area contributed by atoms with Crippen LogP contribution in [0.25, 0.3) is 0 Å². The van der Waals surface area contributed by atoms with Gasteiger partial charge in [-0.05, 0) is 161 Å². The van der Waals surface area contributed by atoms with E-state index < -0.39 is 97.5 Å².